The third-order valence-corrected chi connectivity index (χ3v) is 2.74. The second kappa shape index (κ2) is 5.32. The van der Waals surface area contributed by atoms with E-state index in [2.05, 4.69) is 12.6 Å². The van der Waals surface area contributed by atoms with Crippen molar-refractivity contribution in [3.63, 3.8) is 0 Å². The maximum atomic E-state index is 9.07. The van der Waals surface area contributed by atoms with E-state index in [-0.39, 0.29) is 0 Å². The topological polar surface area (TPSA) is 64.0 Å². The number of benzene rings is 1. The van der Waals surface area contributed by atoms with Gasteiger partial charge in [-0.2, -0.15) is 5.26 Å². The minimum Gasteiger partial charge on any atom is -0.439 e. The molecule has 0 amide bonds. The smallest absolute Gasteiger partial charge is 0.224 e. The number of anilines is 1. The first-order chi connectivity index (χ1) is 9.15. The Morgan fingerprint density at radius 3 is 2.68 bits per heavy atom. The van der Waals surface area contributed by atoms with Gasteiger partial charge in [0, 0.05) is 12.6 Å². The molecule has 0 aliphatic heterocycles. The Morgan fingerprint density at radius 2 is 2.11 bits per heavy atom. The summed E-state index contributed by atoms with van der Waals surface area (Å²) >= 11 is 0. The minimum absolute atomic E-state index is 0.443. The van der Waals surface area contributed by atoms with Gasteiger partial charge in [-0.15, -0.1) is 6.58 Å². The highest BCUT2D eigenvalue weighted by Gasteiger charge is 2.14. The summed E-state index contributed by atoms with van der Waals surface area (Å²) in [6, 6.07) is 11.3. The Bertz CT molecular complexity index is 633. The van der Waals surface area contributed by atoms with E-state index in [0.29, 0.717) is 29.6 Å². The molecule has 1 heterocycles. The van der Waals surface area contributed by atoms with Crippen LogP contribution in [0.1, 0.15) is 11.3 Å². The Labute approximate surface area is 112 Å². The molecule has 2 N–H and O–H groups in total. The molecule has 0 aliphatic rings. The molecule has 0 radical (unpaired) electrons. The van der Waals surface area contributed by atoms with E-state index in [1.54, 1.807) is 16.7 Å². The van der Waals surface area contributed by atoms with Crippen LogP contribution in [0.25, 0.3) is 0 Å². The van der Waals surface area contributed by atoms with Crippen molar-refractivity contribution in [3.8, 4) is 17.7 Å². The van der Waals surface area contributed by atoms with Crippen molar-refractivity contribution >= 4 is 5.69 Å². The molecule has 0 unspecified atom stereocenters. The van der Waals surface area contributed by atoms with E-state index in [1.165, 1.54) is 0 Å². The number of aromatic nitrogens is 1. The van der Waals surface area contributed by atoms with E-state index in [4.69, 9.17) is 15.7 Å². The van der Waals surface area contributed by atoms with Crippen molar-refractivity contribution in [2.45, 2.75) is 13.5 Å². The zero-order chi connectivity index (χ0) is 13.8. The molecule has 1 aromatic carbocycles. The van der Waals surface area contributed by atoms with E-state index < -0.39 is 0 Å². The highest BCUT2D eigenvalue weighted by atomic mass is 16.5. The van der Waals surface area contributed by atoms with Crippen LogP contribution < -0.4 is 10.5 Å². The summed E-state index contributed by atoms with van der Waals surface area (Å²) in [5, 5.41) is 9.07. The van der Waals surface area contributed by atoms with E-state index in [9.17, 15) is 0 Å². The standard InChI is InChI=1S/C15H15N3O/c1-3-8-18-12(10-16)9-14(17)15(18)19-13-6-4-11(2)5-7-13/h3-7,9H,1,8,17H2,2H3. The van der Waals surface area contributed by atoms with Crippen LogP contribution in [-0.2, 0) is 6.54 Å². The van der Waals surface area contributed by atoms with Gasteiger partial charge in [-0.3, -0.25) is 4.57 Å². The fourth-order valence-corrected chi connectivity index (χ4v) is 1.79. The minimum atomic E-state index is 0.443. The van der Waals surface area contributed by atoms with Crippen molar-refractivity contribution in [3.05, 3.63) is 54.2 Å². The van der Waals surface area contributed by atoms with Crippen LogP contribution in [0, 0.1) is 18.3 Å². The summed E-state index contributed by atoms with van der Waals surface area (Å²) in [4.78, 5) is 0. The lowest BCUT2D eigenvalue weighted by Crippen LogP contribution is -2.02. The normalized spacial score (nSPS) is 9.89. The Morgan fingerprint density at radius 1 is 1.42 bits per heavy atom. The Kier molecular flexibility index (Phi) is 3.58. The lowest BCUT2D eigenvalue weighted by atomic mass is 10.2. The number of nitrogen functional groups attached to an aromatic ring is 1. The molecule has 0 saturated heterocycles. The predicted molar refractivity (Wildman–Crippen MR) is 75.0 cm³/mol. The molecule has 0 bridgehead atoms. The first kappa shape index (κ1) is 12.8. The number of nitrogens with zero attached hydrogens (tertiary/aromatic N) is 2. The van der Waals surface area contributed by atoms with Crippen molar-refractivity contribution < 1.29 is 4.74 Å². The molecule has 0 fully saturated rings. The third kappa shape index (κ3) is 2.61. The molecule has 96 valence electrons. The summed E-state index contributed by atoms with van der Waals surface area (Å²) in [7, 11) is 0. The van der Waals surface area contributed by atoms with Crippen LogP contribution >= 0.6 is 0 Å². The highest BCUT2D eigenvalue weighted by Crippen LogP contribution is 2.31. The van der Waals surface area contributed by atoms with Gasteiger partial charge in [-0.05, 0) is 19.1 Å². The summed E-state index contributed by atoms with van der Waals surface area (Å²) < 4.78 is 7.47. The zero-order valence-electron chi connectivity index (χ0n) is 10.8. The van der Waals surface area contributed by atoms with Gasteiger partial charge in [0.15, 0.2) is 0 Å². The van der Waals surface area contributed by atoms with Crippen molar-refractivity contribution in [2.75, 3.05) is 5.73 Å². The fraction of sp³-hybridized carbons (Fsp3) is 0.133. The van der Waals surface area contributed by atoms with Crippen molar-refractivity contribution in [1.82, 2.24) is 4.57 Å². The number of rotatable bonds is 4. The average Bonchev–Trinajstić information content (AvgIpc) is 2.70. The first-order valence-corrected chi connectivity index (χ1v) is 5.90. The number of hydrogen-bond donors (Lipinski definition) is 1. The number of ether oxygens (including phenoxy) is 1. The molecular formula is C15H15N3O. The largest absolute Gasteiger partial charge is 0.439 e. The van der Waals surface area contributed by atoms with E-state index in [1.807, 2.05) is 31.2 Å². The molecule has 2 aromatic rings. The fourth-order valence-electron chi connectivity index (χ4n) is 1.79. The first-order valence-electron chi connectivity index (χ1n) is 5.90. The number of nitriles is 1. The highest BCUT2D eigenvalue weighted by molar-refractivity contribution is 5.56. The zero-order valence-corrected chi connectivity index (χ0v) is 10.8. The Balaban J connectivity index is 2.39. The summed E-state index contributed by atoms with van der Waals surface area (Å²) in [6.45, 7) is 6.15. The van der Waals surface area contributed by atoms with Gasteiger partial charge in [0.2, 0.25) is 5.88 Å². The molecular weight excluding hydrogens is 238 g/mol. The predicted octanol–water partition coefficient (Wildman–Crippen LogP) is 3.23. The monoisotopic (exact) mass is 253 g/mol. The second-order valence-corrected chi connectivity index (χ2v) is 4.22. The van der Waals surface area contributed by atoms with Gasteiger partial charge in [0.25, 0.3) is 0 Å². The van der Waals surface area contributed by atoms with E-state index >= 15 is 0 Å². The van der Waals surface area contributed by atoms with Gasteiger partial charge >= 0.3 is 0 Å². The third-order valence-electron chi connectivity index (χ3n) is 2.74. The molecule has 19 heavy (non-hydrogen) atoms. The number of nitrogens with two attached hydrogens (primary N) is 1. The number of hydrogen-bond acceptors (Lipinski definition) is 3. The van der Waals surface area contributed by atoms with Crippen LogP contribution in [0.2, 0.25) is 0 Å². The summed E-state index contributed by atoms with van der Waals surface area (Å²) in [5.74, 6) is 1.16. The average molecular weight is 253 g/mol. The van der Waals surface area contributed by atoms with Crippen LogP contribution in [0.4, 0.5) is 5.69 Å². The van der Waals surface area contributed by atoms with Gasteiger partial charge < -0.3 is 10.5 Å². The van der Waals surface area contributed by atoms with Crippen LogP contribution in [0.15, 0.2) is 43.0 Å². The van der Waals surface area contributed by atoms with Gasteiger partial charge in [-0.1, -0.05) is 23.8 Å². The number of aryl methyl sites for hydroxylation is 1. The molecule has 4 heteroatoms. The molecule has 0 spiro atoms. The lowest BCUT2D eigenvalue weighted by molar-refractivity contribution is 0.438. The van der Waals surface area contributed by atoms with Crippen LogP contribution in [0.3, 0.4) is 0 Å². The number of allylic oxidation sites excluding steroid dienone is 1. The van der Waals surface area contributed by atoms with Gasteiger partial charge in [0.1, 0.15) is 17.5 Å². The van der Waals surface area contributed by atoms with Crippen LogP contribution in [0.5, 0.6) is 11.6 Å². The molecule has 4 nitrogen and oxygen atoms in total. The van der Waals surface area contributed by atoms with Crippen molar-refractivity contribution in [2.24, 2.45) is 0 Å². The van der Waals surface area contributed by atoms with Gasteiger partial charge in [0.05, 0.1) is 5.69 Å². The molecule has 2 rings (SSSR count). The maximum Gasteiger partial charge on any atom is 0.224 e. The summed E-state index contributed by atoms with van der Waals surface area (Å²) in [6.07, 6.45) is 1.70. The SMILES string of the molecule is C=CCn1c(C#N)cc(N)c1Oc1ccc(C)cc1. The van der Waals surface area contributed by atoms with E-state index in [0.717, 1.165) is 5.56 Å². The van der Waals surface area contributed by atoms with Crippen molar-refractivity contribution in [1.29, 1.82) is 5.26 Å². The maximum absolute atomic E-state index is 9.07. The molecule has 0 atom stereocenters. The Hall–Kier alpha value is -2.67. The second-order valence-electron chi connectivity index (χ2n) is 4.22. The van der Waals surface area contributed by atoms with Crippen LogP contribution in [-0.4, -0.2) is 4.57 Å². The summed E-state index contributed by atoms with van der Waals surface area (Å²) in [5.41, 5.74) is 7.95. The molecule has 0 saturated carbocycles. The lowest BCUT2D eigenvalue weighted by Gasteiger charge is -2.10. The quantitative estimate of drug-likeness (QED) is 0.851. The molecule has 0 aliphatic carbocycles. The van der Waals surface area contributed by atoms with Gasteiger partial charge in [-0.25, -0.2) is 0 Å². The molecule has 1 aromatic heterocycles.